The van der Waals surface area contributed by atoms with Gasteiger partial charge >= 0.3 is 5.97 Å². The van der Waals surface area contributed by atoms with Gasteiger partial charge < -0.3 is 9.26 Å². The van der Waals surface area contributed by atoms with Crippen LogP contribution in [-0.4, -0.2) is 24.8 Å². The SMILES string of the molecule is CC(C)OC(=O)[C@@H](C)N[P@](C)(=S)Oc1ccccc1. The summed E-state index contributed by atoms with van der Waals surface area (Å²) in [6.45, 7) is 7.15. The van der Waals surface area contributed by atoms with Crippen LogP contribution in [0.2, 0.25) is 0 Å². The number of nitrogens with one attached hydrogen (secondary N) is 1. The lowest BCUT2D eigenvalue weighted by Crippen LogP contribution is -2.35. The molecule has 106 valence electrons. The average molecular weight is 301 g/mol. The number of rotatable bonds is 6. The van der Waals surface area contributed by atoms with Crippen molar-refractivity contribution in [2.24, 2.45) is 0 Å². The summed E-state index contributed by atoms with van der Waals surface area (Å²) in [5.41, 5.74) is 0. The third-order valence-corrected chi connectivity index (χ3v) is 4.11. The van der Waals surface area contributed by atoms with Crippen LogP contribution in [0.25, 0.3) is 0 Å². The number of hydrogen-bond acceptors (Lipinski definition) is 4. The molecule has 0 aliphatic rings. The minimum Gasteiger partial charge on any atom is -0.462 e. The summed E-state index contributed by atoms with van der Waals surface area (Å²) in [6, 6.07) is 8.85. The van der Waals surface area contributed by atoms with Gasteiger partial charge in [0.25, 0.3) is 0 Å². The molecular formula is C13H20NO3PS. The molecule has 0 aliphatic heterocycles. The van der Waals surface area contributed by atoms with Crippen molar-refractivity contribution >= 4 is 24.2 Å². The van der Waals surface area contributed by atoms with Crippen LogP contribution in [0.1, 0.15) is 20.8 Å². The van der Waals surface area contributed by atoms with Gasteiger partial charge in [0.2, 0.25) is 0 Å². The van der Waals surface area contributed by atoms with Crippen molar-refractivity contribution in [1.82, 2.24) is 5.09 Å². The third-order valence-electron chi connectivity index (χ3n) is 2.16. The Kier molecular flexibility index (Phi) is 5.98. The predicted molar refractivity (Wildman–Crippen MR) is 81.1 cm³/mol. The lowest BCUT2D eigenvalue weighted by molar-refractivity contribution is -0.148. The Morgan fingerprint density at radius 3 is 2.37 bits per heavy atom. The molecule has 0 saturated carbocycles. The largest absolute Gasteiger partial charge is 0.462 e. The normalized spacial score (nSPS) is 15.6. The second-order valence-corrected chi connectivity index (χ2v) is 8.81. The van der Waals surface area contributed by atoms with Gasteiger partial charge in [-0.3, -0.25) is 4.79 Å². The number of ether oxygens (including phenoxy) is 1. The van der Waals surface area contributed by atoms with Crippen molar-refractivity contribution in [3.05, 3.63) is 30.3 Å². The fourth-order valence-corrected chi connectivity index (χ4v) is 3.57. The molecule has 0 unspecified atom stereocenters. The molecule has 0 fully saturated rings. The Hall–Kier alpha value is -0.900. The summed E-state index contributed by atoms with van der Waals surface area (Å²) in [5, 5.41) is 3.04. The molecule has 0 saturated heterocycles. The molecule has 0 spiro atoms. The van der Waals surface area contributed by atoms with Gasteiger partial charge in [-0.15, -0.1) is 0 Å². The molecule has 1 aromatic rings. The second kappa shape index (κ2) is 7.04. The molecule has 0 radical (unpaired) electrons. The molecule has 0 heterocycles. The number of esters is 1. The van der Waals surface area contributed by atoms with Crippen LogP contribution in [0.3, 0.4) is 0 Å². The van der Waals surface area contributed by atoms with Crippen molar-refractivity contribution in [1.29, 1.82) is 0 Å². The molecular weight excluding hydrogens is 281 g/mol. The molecule has 1 N–H and O–H groups in total. The summed E-state index contributed by atoms with van der Waals surface area (Å²) in [6.07, 6.45) is -2.42. The van der Waals surface area contributed by atoms with Crippen LogP contribution in [0, 0.1) is 0 Å². The minimum atomic E-state index is -2.29. The molecule has 0 bridgehead atoms. The molecule has 4 nitrogen and oxygen atoms in total. The van der Waals surface area contributed by atoms with E-state index < -0.39 is 12.5 Å². The first-order valence-corrected chi connectivity index (χ1v) is 9.27. The third kappa shape index (κ3) is 6.19. The van der Waals surface area contributed by atoms with E-state index in [1.54, 1.807) is 13.6 Å². The number of benzene rings is 1. The summed E-state index contributed by atoms with van der Waals surface area (Å²) < 4.78 is 10.9. The zero-order valence-electron chi connectivity index (χ0n) is 11.6. The van der Waals surface area contributed by atoms with E-state index in [2.05, 4.69) is 5.09 Å². The zero-order chi connectivity index (χ0) is 14.5. The molecule has 0 aliphatic carbocycles. The first kappa shape index (κ1) is 16.2. The van der Waals surface area contributed by atoms with Crippen LogP contribution in [-0.2, 0) is 21.3 Å². The van der Waals surface area contributed by atoms with E-state index in [0.717, 1.165) is 0 Å². The highest BCUT2D eigenvalue weighted by atomic mass is 32.4. The number of hydrogen-bond donors (Lipinski definition) is 1. The minimum absolute atomic E-state index is 0.137. The highest BCUT2D eigenvalue weighted by Gasteiger charge is 2.22. The lowest BCUT2D eigenvalue weighted by Gasteiger charge is -2.24. The fourth-order valence-electron chi connectivity index (χ4n) is 1.45. The molecule has 6 heteroatoms. The van der Waals surface area contributed by atoms with Crippen LogP contribution >= 0.6 is 6.42 Å². The number of carbonyl (C=O) groups is 1. The van der Waals surface area contributed by atoms with Gasteiger partial charge in [-0.05, 0) is 44.7 Å². The Labute approximate surface area is 119 Å². The van der Waals surface area contributed by atoms with E-state index >= 15 is 0 Å². The first-order chi connectivity index (χ1) is 8.80. The quantitative estimate of drug-likeness (QED) is 0.646. The maximum Gasteiger partial charge on any atom is 0.323 e. The van der Waals surface area contributed by atoms with Gasteiger partial charge in [0.1, 0.15) is 11.8 Å². The average Bonchev–Trinajstić information content (AvgIpc) is 2.27. The fraction of sp³-hybridized carbons (Fsp3) is 0.462. The van der Waals surface area contributed by atoms with Gasteiger partial charge in [-0.2, -0.15) is 0 Å². The smallest absolute Gasteiger partial charge is 0.323 e. The summed E-state index contributed by atoms with van der Waals surface area (Å²) in [7, 11) is 0. The van der Waals surface area contributed by atoms with Crippen LogP contribution in [0.5, 0.6) is 5.75 Å². The van der Waals surface area contributed by atoms with E-state index in [9.17, 15) is 4.79 Å². The van der Waals surface area contributed by atoms with Crippen LogP contribution in [0.4, 0.5) is 0 Å². The van der Waals surface area contributed by atoms with Gasteiger partial charge in [0, 0.05) is 6.66 Å². The van der Waals surface area contributed by atoms with E-state index in [1.807, 2.05) is 44.2 Å². The summed E-state index contributed by atoms with van der Waals surface area (Å²) in [5.74, 6) is 0.382. The monoisotopic (exact) mass is 301 g/mol. The number of para-hydroxylation sites is 1. The maximum atomic E-state index is 11.7. The topological polar surface area (TPSA) is 47.6 Å². The Morgan fingerprint density at radius 1 is 1.26 bits per heavy atom. The second-order valence-electron chi connectivity index (χ2n) is 4.59. The number of carbonyl (C=O) groups excluding carboxylic acids is 1. The van der Waals surface area contributed by atoms with E-state index in [-0.39, 0.29) is 12.1 Å². The molecule has 0 aromatic heterocycles. The van der Waals surface area contributed by atoms with Gasteiger partial charge in [-0.25, -0.2) is 5.09 Å². The summed E-state index contributed by atoms with van der Waals surface area (Å²) >= 11 is 5.40. The highest BCUT2D eigenvalue weighted by Crippen LogP contribution is 2.39. The van der Waals surface area contributed by atoms with Crippen molar-refractivity contribution < 1.29 is 14.1 Å². The van der Waals surface area contributed by atoms with Crippen molar-refractivity contribution in [2.45, 2.75) is 32.9 Å². The lowest BCUT2D eigenvalue weighted by atomic mass is 10.3. The molecule has 1 aromatic carbocycles. The van der Waals surface area contributed by atoms with Gasteiger partial charge in [0.15, 0.2) is 6.42 Å². The first-order valence-electron chi connectivity index (χ1n) is 6.10. The Morgan fingerprint density at radius 2 is 1.84 bits per heavy atom. The summed E-state index contributed by atoms with van der Waals surface area (Å²) in [4.78, 5) is 11.7. The molecule has 19 heavy (non-hydrogen) atoms. The zero-order valence-corrected chi connectivity index (χ0v) is 13.3. The maximum absolute atomic E-state index is 11.7. The van der Waals surface area contributed by atoms with E-state index in [1.165, 1.54) is 0 Å². The van der Waals surface area contributed by atoms with Crippen molar-refractivity contribution in [3.8, 4) is 5.75 Å². The Bertz CT molecular complexity index is 464. The molecule has 1 rings (SSSR count). The van der Waals surface area contributed by atoms with Crippen LogP contribution in [0.15, 0.2) is 30.3 Å². The molecule has 2 atom stereocenters. The van der Waals surface area contributed by atoms with E-state index in [4.69, 9.17) is 21.1 Å². The van der Waals surface area contributed by atoms with Crippen molar-refractivity contribution in [3.63, 3.8) is 0 Å². The van der Waals surface area contributed by atoms with E-state index in [0.29, 0.717) is 5.75 Å². The predicted octanol–water partition coefficient (Wildman–Crippen LogP) is 2.93. The van der Waals surface area contributed by atoms with Crippen LogP contribution < -0.4 is 9.61 Å². The van der Waals surface area contributed by atoms with Gasteiger partial charge in [-0.1, -0.05) is 18.2 Å². The highest BCUT2D eigenvalue weighted by molar-refractivity contribution is 8.11. The Balaban J connectivity index is 2.59. The molecule has 0 amide bonds. The van der Waals surface area contributed by atoms with Crippen molar-refractivity contribution in [2.75, 3.05) is 6.66 Å². The van der Waals surface area contributed by atoms with Gasteiger partial charge in [0.05, 0.1) is 6.10 Å². The standard InChI is InChI=1S/C13H20NO3PS/c1-10(2)16-13(15)11(3)14-18(4,19)17-12-8-6-5-7-9-12/h5-11H,1-4H3,(H,14,19)/t11-,18+/m1/s1.